The van der Waals surface area contributed by atoms with Crippen LogP contribution >= 0.6 is 0 Å². The molecule has 0 aromatic heterocycles. The lowest BCUT2D eigenvalue weighted by Gasteiger charge is -2.38. The second-order valence-electron chi connectivity index (χ2n) is 11.3. The summed E-state index contributed by atoms with van der Waals surface area (Å²) in [6, 6.07) is 10.2. The Labute approximate surface area is 229 Å². The number of hydrogen-bond acceptors (Lipinski definition) is 4. The number of nitrogens with zero attached hydrogens (tertiary/aromatic N) is 4. The predicted octanol–water partition coefficient (Wildman–Crippen LogP) is 6.70. The van der Waals surface area contributed by atoms with Crippen LogP contribution in [0.4, 0.5) is 0 Å². The molecule has 1 unspecified atom stereocenters. The van der Waals surface area contributed by atoms with Crippen LogP contribution in [-0.2, 0) is 0 Å². The molecule has 4 aliphatic heterocycles. The third-order valence-corrected chi connectivity index (χ3v) is 9.06. The molecule has 4 fully saturated rings. The van der Waals surface area contributed by atoms with Crippen molar-refractivity contribution in [1.82, 2.24) is 19.6 Å². The van der Waals surface area contributed by atoms with Crippen molar-refractivity contribution >= 4 is 11.8 Å². The summed E-state index contributed by atoms with van der Waals surface area (Å²) in [6.45, 7) is 24.8. The van der Waals surface area contributed by atoms with E-state index in [4.69, 9.17) is 0 Å². The van der Waals surface area contributed by atoms with Crippen molar-refractivity contribution in [2.24, 2.45) is 5.92 Å². The molecule has 0 spiro atoms. The van der Waals surface area contributed by atoms with E-state index in [1.807, 2.05) is 19.9 Å². The molecular weight excluding hydrogens is 452 g/mol. The van der Waals surface area contributed by atoms with Gasteiger partial charge in [0.05, 0.1) is 0 Å². The number of hydrogen-bond donors (Lipinski definition) is 0. The molecular formula is C33H56N4. The molecule has 1 atom stereocenters. The Morgan fingerprint density at radius 2 is 1.49 bits per heavy atom. The maximum atomic E-state index is 4.32. The van der Waals surface area contributed by atoms with Crippen LogP contribution < -0.4 is 0 Å². The molecule has 37 heavy (non-hydrogen) atoms. The van der Waals surface area contributed by atoms with Crippen molar-refractivity contribution < 1.29 is 0 Å². The summed E-state index contributed by atoms with van der Waals surface area (Å²) >= 11 is 0. The molecule has 0 aliphatic carbocycles. The zero-order chi connectivity index (χ0) is 26.6. The SMILES string of the molecule is C=Cc1cccc(C(=C)N2CCC(N3CCCC3)CC2)c1.CC.CCC1CCN(C2CCN(C)CC2)C1. The van der Waals surface area contributed by atoms with E-state index in [1.165, 1.54) is 107 Å². The lowest BCUT2D eigenvalue weighted by molar-refractivity contribution is 0.139. The van der Waals surface area contributed by atoms with E-state index in [0.717, 1.165) is 31.1 Å². The van der Waals surface area contributed by atoms with Crippen molar-refractivity contribution in [3.05, 3.63) is 48.6 Å². The molecule has 4 heterocycles. The fourth-order valence-corrected chi connectivity index (χ4v) is 6.52. The minimum Gasteiger partial charge on any atom is -0.371 e. The smallest absolute Gasteiger partial charge is 0.0367 e. The molecule has 0 amide bonds. The largest absolute Gasteiger partial charge is 0.371 e. The Bertz CT molecular complexity index is 798. The first kappa shape index (κ1) is 29.9. The molecule has 0 saturated carbocycles. The van der Waals surface area contributed by atoms with Gasteiger partial charge in [0.15, 0.2) is 0 Å². The first-order valence-corrected chi connectivity index (χ1v) is 15.4. The number of rotatable bonds is 6. The Balaban J connectivity index is 0.000000207. The lowest BCUT2D eigenvalue weighted by Crippen LogP contribution is -2.43. The van der Waals surface area contributed by atoms with Gasteiger partial charge >= 0.3 is 0 Å². The van der Waals surface area contributed by atoms with Crippen LogP contribution in [0.3, 0.4) is 0 Å². The minimum absolute atomic E-state index is 0.802. The Kier molecular flexibility index (Phi) is 12.7. The summed E-state index contributed by atoms with van der Waals surface area (Å²) in [6.07, 6.45) is 12.9. The van der Waals surface area contributed by atoms with E-state index < -0.39 is 0 Å². The minimum atomic E-state index is 0.802. The average molecular weight is 509 g/mol. The zero-order valence-electron chi connectivity index (χ0n) is 24.6. The Hall–Kier alpha value is -1.62. The van der Waals surface area contributed by atoms with Gasteiger partial charge < -0.3 is 19.6 Å². The van der Waals surface area contributed by atoms with Crippen LogP contribution in [0.25, 0.3) is 11.8 Å². The van der Waals surface area contributed by atoms with Gasteiger partial charge in [-0.05, 0) is 108 Å². The topological polar surface area (TPSA) is 13.0 Å². The highest BCUT2D eigenvalue weighted by Crippen LogP contribution is 2.27. The third-order valence-electron chi connectivity index (χ3n) is 9.06. The quantitative estimate of drug-likeness (QED) is 0.424. The van der Waals surface area contributed by atoms with E-state index in [1.54, 1.807) is 0 Å². The monoisotopic (exact) mass is 508 g/mol. The first-order valence-electron chi connectivity index (χ1n) is 15.4. The van der Waals surface area contributed by atoms with Gasteiger partial charge in [-0.15, -0.1) is 0 Å². The van der Waals surface area contributed by atoms with E-state index in [9.17, 15) is 0 Å². The summed E-state index contributed by atoms with van der Waals surface area (Å²) in [5, 5.41) is 0. The van der Waals surface area contributed by atoms with E-state index in [-0.39, 0.29) is 0 Å². The van der Waals surface area contributed by atoms with Crippen LogP contribution in [0.2, 0.25) is 0 Å². The highest BCUT2D eigenvalue weighted by atomic mass is 15.2. The summed E-state index contributed by atoms with van der Waals surface area (Å²) in [7, 11) is 2.25. The van der Waals surface area contributed by atoms with Gasteiger partial charge in [-0.3, -0.25) is 0 Å². The summed E-state index contributed by atoms with van der Waals surface area (Å²) in [5.41, 5.74) is 3.56. The molecule has 1 aromatic rings. The summed E-state index contributed by atoms with van der Waals surface area (Å²) in [5.74, 6) is 0.995. The van der Waals surface area contributed by atoms with E-state index in [0.29, 0.717) is 0 Å². The van der Waals surface area contributed by atoms with Gasteiger partial charge in [-0.1, -0.05) is 64.6 Å². The van der Waals surface area contributed by atoms with Crippen LogP contribution in [0, 0.1) is 5.92 Å². The van der Waals surface area contributed by atoms with Crippen LogP contribution in [0.5, 0.6) is 0 Å². The highest BCUT2D eigenvalue weighted by molar-refractivity contribution is 5.65. The Morgan fingerprint density at radius 3 is 2.08 bits per heavy atom. The van der Waals surface area contributed by atoms with Gasteiger partial charge in [0.2, 0.25) is 0 Å². The molecule has 1 aromatic carbocycles. The maximum Gasteiger partial charge on any atom is 0.0367 e. The highest BCUT2D eigenvalue weighted by Gasteiger charge is 2.29. The van der Waals surface area contributed by atoms with Gasteiger partial charge in [0.25, 0.3) is 0 Å². The van der Waals surface area contributed by atoms with Crippen LogP contribution in [0.15, 0.2) is 37.4 Å². The van der Waals surface area contributed by atoms with E-state index >= 15 is 0 Å². The van der Waals surface area contributed by atoms with Crippen molar-refractivity contribution in [2.75, 3.05) is 59.4 Å². The normalized spacial score (nSPS) is 24.2. The first-order chi connectivity index (χ1) is 18.1. The maximum absolute atomic E-state index is 4.32. The number of likely N-dealkylation sites (tertiary alicyclic amines) is 4. The fraction of sp³-hybridized carbons (Fsp3) is 0.697. The molecule has 208 valence electrons. The lowest BCUT2D eigenvalue weighted by atomic mass is 10.0. The molecule has 4 aliphatic rings. The fourth-order valence-electron chi connectivity index (χ4n) is 6.52. The van der Waals surface area contributed by atoms with Gasteiger partial charge in [0, 0.05) is 37.4 Å². The number of benzene rings is 1. The molecule has 4 nitrogen and oxygen atoms in total. The second kappa shape index (κ2) is 15.7. The van der Waals surface area contributed by atoms with Gasteiger partial charge in [-0.25, -0.2) is 0 Å². The molecule has 0 N–H and O–H groups in total. The third kappa shape index (κ3) is 8.70. The van der Waals surface area contributed by atoms with Crippen molar-refractivity contribution in [3.63, 3.8) is 0 Å². The number of piperidine rings is 2. The molecule has 0 bridgehead atoms. The standard InChI is InChI=1S/C19H26N2.C12H24N2.C2H6/c1-3-17-7-6-8-18(15-17)16(2)20-13-9-19(10-14-20)21-11-4-5-12-21;1-3-11-4-9-14(10-11)12-5-7-13(2)8-6-12;1-2/h3,6-8,15,19H,1-2,4-5,9-14H2;11-12H,3-10H2,1-2H3;1-2H3. The zero-order valence-corrected chi connectivity index (χ0v) is 24.6. The van der Waals surface area contributed by atoms with Crippen LogP contribution in [-0.4, -0.2) is 91.1 Å². The summed E-state index contributed by atoms with van der Waals surface area (Å²) in [4.78, 5) is 10.4. The van der Waals surface area contributed by atoms with Gasteiger partial charge in [-0.2, -0.15) is 0 Å². The van der Waals surface area contributed by atoms with E-state index in [2.05, 4.69) is 71.0 Å². The average Bonchev–Trinajstić information content (AvgIpc) is 3.68. The van der Waals surface area contributed by atoms with Crippen LogP contribution in [0.1, 0.15) is 83.3 Å². The van der Waals surface area contributed by atoms with Crippen molar-refractivity contribution in [3.8, 4) is 0 Å². The molecule has 4 heteroatoms. The molecule has 5 rings (SSSR count). The van der Waals surface area contributed by atoms with Gasteiger partial charge in [0.1, 0.15) is 0 Å². The molecule has 4 saturated heterocycles. The second-order valence-corrected chi connectivity index (χ2v) is 11.3. The van der Waals surface area contributed by atoms with Crippen molar-refractivity contribution in [2.45, 2.75) is 84.2 Å². The summed E-state index contributed by atoms with van der Waals surface area (Å²) < 4.78 is 0. The Morgan fingerprint density at radius 1 is 0.865 bits per heavy atom. The van der Waals surface area contributed by atoms with Crippen molar-refractivity contribution in [1.29, 1.82) is 0 Å². The predicted molar refractivity (Wildman–Crippen MR) is 163 cm³/mol. The molecule has 0 radical (unpaired) electrons.